The van der Waals surface area contributed by atoms with E-state index in [2.05, 4.69) is 19.6 Å². The number of hydrogen-bond donors (Lipinski definition) is 0. The van der Waals surface area contributed by atoms with Crippen molar-refractivity contribution in [2.24, 2.45) is 0 Å². The topological polar surface area (TPSA) is 43.4 Å². The van der Waals surface area contributed by atoms with Crippen molar-refractivity contribution in [2.45, 2.75) is 26.6 Å². The van der Waals surface area contributed by atoms with Gasteiger partial charge in [0.25, 0.3) is 0 Å². The van der Waals surface area contributed by atoms with Crippen LogP contribution < -0.4 is 0 Å². The summed E-state index contributed by atoms with van der Waals surface area (Å²) in [4.78, 5) is 23.6. The summed E-state index contributed by atoms with van der Waals surface area (Å²) in [6.07, 6.45) is 1.91. The molecule has 108 valence electrons. The van der Waals surface area contributed by atoms with Gasteiger partial charge in [0.2, 0.25) is 0 Å². The van der Waals surface area contributed by atoms with Crippen molar-refractivity contribution in [3.63, 3.8) is 0 Å². The van der Waals surface area contributed by atoms with Crippen LogP contribution in [-0.2, 0) is 14.3 Å². The van der Waals surface area contributed by atoms with Crippen LogP contribution >= 0.6 is 11.6 Å². The van der Waals surface area contributed by atoms with E-state index in [1.54, 1.807) is 24.3 Å². The highest BCUT2D eigenvalue weighted by atomic mass is 35.5. The standard InChI is InChI=1S/C15H19ClO3Si/c1-11(17)14(15(18)19-10-20(2,3)4)9-12-6-5-7-13(16)8-12/h5-9H,10H2,1-4H3/b14-9-. The SMILES string of the molecule is CC(=O)/C(=C/c1cccc(Cl)c1)C(=O)OC[Si](C)(C)C. The minimum atomic E-state index is -1.50. The Morgan fingerprint density at radius 3 is 2.45 bits per heavy atom. The van der Waals surface area contributed by atoms with E-state index in [-0.39, 0.29) is 11.4 Å². The lowest BCUT2D eigenvalue weighted by Gasteiger charge is -2.16. The summed E-state index contributed by atoms with van der Waals surface area (Å²) in [6.45, 7) is 7.63. The van der Waals surface area contributed by atoms with Crippen molar-refractivity contribution < 1.29 is 14.3 Å². The summed E-state index contributed by atoms with van der Waals surface area (Å²) >= 11 is 5.88. The predicted octanol–water partition coefficient (Wildman–Crippen LogP) is 3.73. The molecule has 0 unspecified atom stereocenters. The summed E-state index contributed by atoms with van der Waals surface area (Å²) in [7, 11) is -1.50. The molecule has 3 nitrogen and oxygen atoms in total. The average Bonchev–Trinajstić information content (AvgIpc) is 2.32. The van der Waals surface area contributed by atoms with Crippen LogP contribution in [0, 0.1) is 0 Å². The number of Topliss-reactive ketones (excluding diaryl/α,β-unsaturated/α-hetero) is 1. The van der Waals surface area contributed by atoms with E-state index in [9.17, 15) is 9.59 Å². The fourth-order valence-corrected chi connectivity index (χ4v) is 2.19. The number of carbonyl (C=O) groups excluding carboxylic acids is 2. The van der Waals surface area contributed by atoms with E-state index >= 15 is 0 Å². The number of rotatable bonds is 5. The lowest BCUT2D eigenvalue weighted by atomic mass is 10.1. The monoisotopic (exact) mass is 310 g/mol. The molecule has 5 heteroatoms. The van der Waals surface area contributed by atoms with Crippen molar-refractivity contribution in [3.8, 4) is 0 Å². The van der Waals surface area contributed by atoms with E-state index in [4.69, 9.17) is 16.3 Å². The molecule has 0 spiro atoms. The van der Waals surface area contributed by atoms with Gasteiger partial charge in [0.1, 0.15) is 5.57 Å². The van der Waals surface area contributed by atoms with Crippen molar-refractivity contribution in [1.29, 1.82) is 0 Å². The third kappa shape index (κ3) is 5.71. The Hall–Kier alpha value is -1.39. The Morgan fingerprint density at radius 2 is 1.95 bits per heavy atom. The van der Waals surface area contributed by atoms with E-state index in [1.807, 2.05) is 0 Å². The van der Waals surface area contributed by atoms with Crippen LogP contribution in [0.2, 0.25) is 24.7 Å². The minimum Gasteiger partial charge on any atom is -0.466 e. The number of ether oxygens (including phenoxy) is 1. The largest absolute Gasteiger partial charge is 0.466 e. The molecule has 1 aromatic rings. The Balaban J connectivity index is 2.94. The van der Waals surface area contributed by atoms with Crippen LogP contribution in [0.3, 0.4) is 0 Å². The highest BCUT2D eigenvalue weighted by Gasteiger charge is 2.20. The minimum absolute atomic E-state index is 0.0468. The maximum absolute atomic E-state index is 12.0. The van der Waals surface area contributed by atoms with Gasteiger partial charge in [0, 0.05) is 5.02 Å². The molecule has 1 aromatic carbocycles. The number of benzene rings is 1. The van der Waals surface area contributed by atoms with Gasteiger partial charge in [-0.15, -0.1) is 0 Å². The molecule has 0 saturated heterocycles. The molecule has 0 aromatic heterocycles. The first kappa shape index (κ1) is 16.7. The maximum Gasteiger partial charge on any atom is 0.341 e. The molecule has 0 amide bonds. The number of ketones is 1. The van der Waals surface area contributed by atoms with E-state index in [1.165, 1.54) is 13.0 Å². The number of hydrogen-bond acceptors (Lipinski definition) is 3. The zero-order valence-electron chi connectivity index (χ0n) is 12.2. The summed E-state index contributed by atoms with van der Waals surface area (Å²) in [5, 5.41) is 0.553. The van der Waals surface area contributed by atoms with E-state index < -0.39 is 14.0 Å². The van der Waals surface area contributed by atoms with Crippen LogP contribution in [0.25, 0.3) is 6.08 Å². The van der Waals surface area contributed by atoms with Crippen LogP contribution in [0.15, 0.2) is 29.8 Å². The van der Waals surface area contributed by atoms with Gasteiger partial charge in [-0.3, -0.25) is 4.79 Å². The number of carbonyl (C=O) groups is 2. The molecule has 0 aliphatic heterocycles. The Bertz CT molecular complexity index is 544. The third-order valence-electron chi connectivity index (χ3n) is 2.40. The van der Waals surface area contributed by atoms with Gasteiger partial charge >= 0.3 is 5.97 Å². The lowest BCUT2D eigenvalue weighted by molar-refractivity contribution is -0.138. The Labute approximate surface area is 125 Å². The molecule has 0 aliphatic rings. The second-order valence-corrected chi connectivity index (χ2v) is 11.7. The van der Waals surface area contributed by atoms with Crippen molar-refractivity contribution in [3.05, 3.63) is 40.4 Å². The summed E-state index contributed by atoms with van der Waals surface area (Å²) in [5.41, 5.74) is 0.748. The van der Waals surface area contributed by atoms with Crippen molar-refractivity contribution in [2.75, 3.05) is 6.23 Å². The second kappa shape index (κ2) is 6.86. The van der Waals surface area contributed by atoms with Gasteiger partial charge in [-0.25, -0.2) is 4.79 Å². The highest BCUT2D eigenvalue weighted by Crippen LogP contribution is 2.15. The van der Waals surface area contributed by atoms with Crippen LogP contribution in [-0.4, -0.2) is 26.1 Å². The Morgan fingerprint density at radius 1 is 1.30 bits per heavy atom. The predicted molar refractivity (Wildman–Crippen MR) is 84.4 cm³/mol. The fourth-order valence-electron chi connectivity index (χ4n) is 1.43. The number of esters is 1. The molecular formula is C15H19ClO3Si. The van der Waals surface area contributed by atoms with Crippen molar-refractivity contribution >= 4 is 37.5 Å². The van der Waals surface area contributed by atoms with E-state index in [0.717, 1.165) is 0 Å². The summed E-state index contributed by atoms with van der Waals surface area (Å²) in [5.74, 6) is -0.884. The molecule has 0 heterocycles. The summed E-state index contributed by atoms with van der Waals surface area (Å²) in [6, 6.07) is 6.96. The van der Waals surface area contributed by atoms with Gasteiger partial charge in [0.15, 0.2) is 5.78 Å². The molecule has 0 saturated carbocycles. The number of halogens is 1. The zero-order chi connectivity index (χ0) is 15.3. The first-order chi connectivity index (χ1) is 9.19. The molecule has 1 rings (SSSR count). The van der Waals surface area contributed by atoms with E-state index in [0.29, 0.717) is 16.8 Å². The average molecular weight is 311 g/mol. The van der Waals surface area contributed by atoms with Gasteiger partial charge in [-0.05, 0) is 30.7 Å². The smallest absolute Gasteiger partial charge is 0.341 e. The molecule has 0 bridgehead atoms. The quantitative estimate of drug-likeness (QED) is 0.274. The van der Waals surface area contributed by atoms with Gasteiger partial charge in [-0.2, -0.15) is 0 Å². The first-order valence-electron chi connectivity index (χ1n) is 6.34. The van der Waals surface area contributed by atoms with Crippen LogP contribution in [0.4, 0.5) is 0 Å². The first-order valence-corrected chi connectivity index (χ1v) is 10.4. The highest BCUT2D eigenvalue weighted by molar-refractivity contribution is 6.76. The summed E-state index contributed by atoms with van der Waals surface area (Å²) < 4.78 is 5.23. The molecule has 0 aliphatic carbocycles. The molecular weight excluding hydrogens is 292 g/mol. The zero-order valence-corrected chi connectivity index (χ0v) is 14.0. The van der Waals surface area contributed by atoms with Gasteiger partial charge < -0.3 is 4.74 Å². The fraction of sp³-hybridized carbons (Fsp3) is 0.333. The van der Waals surface area contributed by atoms with Crippen molar-refractivity contribution in [1.82, 2.24) is 0 Å². The molecule has 20 heavy (non-hydrogen) atoms. The maximum atomic E-state index is 12.0. The molecule has 0 radical (unpaired) electrons. The van der Waals surface area contributed by atoms with Crippen LogP contribution in [0.5, 0.6) is 0 Å². The Kier molecular flexibility index (Phi) is 5.71. The molecule has 0 N–H and O–H groups in total. The normalized spacial score (nSPS) is 12.2. The van der Waals surface area contributed by atoms with Gasteiger partial charge in [-0.1, -0.05) is 43.4 Å². The van der Waals surface area contributed by atoms with Crippen LogP contribution in [0.1, 0.15) is 12.5 Å². The lowest BCUT2D eigenvalue weighted by Crippen LogP contribution is -2.30. The van der Waals surface area contributed by atoms with Gasteiger partial charge in [0.05, 0.1) is 14.3 Å². The third-order valence-corrected chi connectivity index (χ3v) is 3.64. The molecule has 0 atom stereocenters. The second-order valence-electron chi connectivity index (χ2n) is 5.81. The molecule has 0 fully saturated rings.